The largest absolute Gasteiger partial charge is 0.392 e. The van der Waals surface area contributed by atoms with Crippen LogP contribution in [0.15, 0.2) is 34.5 Å². The summed E-state index contributed by atoms with van der Waals surface area (Å²) < 4.78 is 6.59. The van der Waals surface area contributed by atoms with E-state index in [1.165, 1.54) is 12.3 Å². The van der Waals surface area contributed by atoms with Crippen molar-refractivity contribution in [3.63, 3.8) is 0 Å². The van der Waals surface area contributed by atoms with E-state index >= 15 is 0 Å². The molecule has 1 fully saturated rings. The van der Waals surface area contributed by atoms with Crippen molar-refractivity contribution in [1.82, 2.24) is 9.55 Å². The van der Waals surface area contributed by atoms with E-state index in [0.717, 1.165) is 10.6 Å². The lowest BCUT2D eigenvalue weighted by Gasteiger charge is -2.23. The summed E-state index contributed by atoms with van der Waals surface area (Å²) in [6.07, 6.45) is 5.75. The molecule has 0 radical (unpaired) electrons. The number of ether oxygens (including phenoxy) is 1. The van der Waals surface area contributed by atoms with Gasteiger partial charge in [0.05, 0.1) is 12.5 Å². The predicted octanol–water partition coefficient (Wildman–Crippen LogP) is -1.41. The number of aromatic amines is 1. The number of aliphatic hydroxyl groups excluding tert-OH is 2. The molecule has 1 aromatic rings. The first-order valence-corrected chi connectivity index (χ1v) is 5.87. The number of H-pyrrole nitrogens is 1. The number of nitrogens with one attached hydrogen (secondary N) is 1. The maximum Gasteiger partial charge on any atom is 0.330 e. The molecule has 3 N–H and O–H groups in total. The van der Waals surface area contributed by atoms with Crippen molar-refractivity contribution in [3.8, 4) is 12.3 Å². The fourth-order valence-electron chi connectivity index (χ4n) is 2.24. The van der Waals surface area contributed by atoms with Gasteiger partial charge in [-0.2, -0.15) is 0 Å². The molecule has 0 aromatic carbocycles. The summed E-state index contributed by atoms with van der Waals surface area (Å²) in [5.41, 5.74) is -2.86. The van der Waals surface area contributed by atoms with E-state index in [0.29, 0.717) is 0 Å². The van der Waals surface area contributed by atoms with Gasteiger partial charge in [0.2, 0.25) is 0 Å². The third-order valence-corrected chi connectivity index (χ3v) is 3.38. The molecule has 0 unspecified atom stereocenters. The van der Waals surface area contributed by atoms with Crippen LogP contribution in [0.4, 0.5) is 0 Å². The lowest BCUT2D eigenvalue weighted by molar-refractivity contribution is -0.0917. The van der Waals surface area contributed by atoms with Crippen LogP contribution >= 0.6 is 0 Å². The minimum atomic E-state index is -1.61. The topological polar surface area (TPSA) is 105 Å². The normalized spacial score (nSPS) is 32.8. The third kappa shape index (κ3) is 2.00. The molecule has 7 heteroatoms. The van der Waals surface area contributed by atoms with Crippen molar-refractivity contribution in [2.75, 3.05) is 6.61 Å². The molecular weight excluding hydrogens is 264 g/mol. The number of rotatable bonds is 3. The molecule has 0 aliphatic carbocycles. The Morgan fingerprint density at radius 1 is 1.65 bits per heavy atom. The van der Waals surface area contributed by atoms with Crippen molar-refractivity contribution in [2.45, 2.75) is 17.9 Å². The lowest BCUT2D eigenvalue weighted by Crippen LogP contribution is -2.43. The van der Waals surface area contributed by atoms with Gasteiger partial charge in [-0.25, -0.2) is 4.79 Å². The van der Waals surface area contributed by atoms with E-state index in [1.807, 2.05) is 0 Å². The SMILES string of the molecule is C#C[C@]1(CO)O[C@@H](n2ccc(=O)[nH]c2=O)[C@@H](C=C)[C@@H]1O. The van der Waals surface area contributed by atoms with E-state index < -0.39 is 41.7 Å². The van der Waals surface area contributed by atoms with Crippen molar-refractivity contribution < 1.29 is 14.9 Å². The molecule has 20 heavy (non-hydrogen) atoms. The average molecular weight is 278 g/mol. The average Bonchev–Trinajstić information content (AvgIpc) is 2.71. The molecule has 106 valence electrons. The fraction of sp³-hybridized carbons (Fsp3) is 0.385. The van der Waals surface area contributed by atoms with Crippen LogP contribution in [0.5, 0.6) is 0 Å². The zero-order valence-electron chi connectivity index (χ0n) is 10.5. The highest BCUT2D eigenvalue weighted by Crippen LogP contribution is 2.40. The van der Waals surface area contributed by atoms with E-state index in [-0.39, 0.29) is 0 Å². The van der Waals surface area contributed by atoms with Gasteiger partial charge in [0.25, 0.3) is 5.56 Å². The Bertz CT molecular complexity index is 670. The molecule has 1 aliphatic heterocycles. The minimum absolute atomic E-state index is 0.551. The number of aliphatic hydroxyl groups is 2. The number of hydrogen-bond acceptors (Lipinski definition) is 5. The molecule has 0 spiro atoms. The molecule has 0 saturated carbocycles. The second-order valence-electron chi connectivity index (χ2n) is 4.48. The van der Waals surface area contributed by atoms with Crippen LogP contribution in [0, 0.1) is 18.3 Å². The molecule has 2 rings (SSSR count). The zero-order chi connectivity index (χ0) is 14.9. The van der Waals surface area contributed by atoms with Gasteiger partial charge >= 0.3 is 5.69 Å². The van der Waals surface area contributed by atoms with Crippen LogP contribution in [0.1, 0.15) is 6.23 Å². The Kier molecular flexibility index (Phi) is 3.63. The Hall–Kier alpha value is -2.14. The molecule has 7 nitrogen and oxygen atoms in total. The Balaban J connectivity index is 2.52. The monoisotopic (exact) mass is 278 g/mol. The summed E-state index contributed by atoms with van der Waals surface area (Å²) in [7, 11) is 0. The van der Waals surface area contributed by atoms with E-state index in [2.05, 4.69) is 17.5 Å². The lowest BCUT2D eigenvalue weighted by atomic mass is 9.91. The van der Waals surface area contributed by atoms with E-state index in [1.54, 1.807) is 0 Å². The zero-order valence-corrected chi connectivity index (χ0v) is 10.5. The smallest absolute Gasteiger partial charge is 0.330 e. The quantitative estimate of drug-likeness (QED) is 0.465. The number of aromatic nitrogens is 2. The summed E-state index contributed by atoms with van der Waals surface area (Å²) in [6, 6.07) is 1.14. The van der Waals surface area contributed by atoms with Gasteiger partial charge in [-0.05, 0) is 0 Å². The molecular formula is C13H14N2O5. The fourth-order valence-corrected chi connectivity index (χ4v) is 2.24. The summed E-state index contributed by atoms with van der Waals surface area (Å²) in [4.78, 5) is 24.9. The van der Waals surface area contributed by atoms with Gasteiger partial charge in [-0.3, -0.25) is 14.3 Å². The molecule has 1 aromatic heterocycles. The molecule has 0 amide bonds. The van der Waals surface area contributed by atoms with Crippen LogP contribution < -0.4 is 11.2 Å². The molecule has 0 bridgehead atoms. The molecule has 4 atom stereocenters. The van der Waals surface area contributed by atoms with Gasteiger partial charge < -0.3 is 14.9 Å². The second-order valence-corrected chi connectivity index (χ2v) is 4.48. The predicted molar refractivity (Wildman–Crippen MR) is 69.8 cm³/mol. The third-order valence-electron chi connectivity index (χ3n) is 3.38. The first-order valence-electron chi connectivity index (χ1n) is 5.87. The number of hydrogen-bond donors (Lipinski definition) is 3. The highest BCUT2D eigenvalue weighted by atomic mass is 16.6. The maximum atomic E-state index is 11.8. The molecule has 1 saturated heterocycles. The van der Waals surface area contributed by atoms with E-state index in [4.69, 9.17) is 11.2 Å². The summed E-state index contributed by atoms with van der Waals surface area (Å²) in [5, 5.41) is 19.6. The van der Waals surface area contributed by atoms with E-state index in [9.17, 15) is 19.8 Å². The number of nitrogens with zero attached hydrogens (tertiary/aromatic N) is 1. The summed E-state index contributed by atoms with van der Waals surface area (Å²) >= 11 is 0. The van der Waals surface area contributed by atoms with Gasteiger partial charge in [0, 0.05) is 12.3 Å². The van der Waals surface area contributed by atoms with Gasteiger partial charge in [0.1, 0.15) is 12.3 Å². The van der Waals surface area contributed by atoms with Crippen LogP contribution in [-0.2, 0) is 4.74 Å². The Labute approximate surface area is 114 Å². The van der Waals surface area contributed by atoms with Crippen molar-refractivity contribution in [1.29, 1.82) is 0 Å². The molecule has 2 heterocycles. The van der Waals surface area contributed by atoms with Crippen molar-refractivity contribution in [3.05, 3.63) is 45.8 Å². The number of terminal acetylenes is 1. The highest BCUT2D eigenvalue weighted by molar-refractivity contribution is 5.20. The highest BCUT2D eigenvalue weighted by Gasteiger charge is 2.53. The maximum absolute atomic E-state index is 11.8. The standard InChI is InChI=1S/C13H14N2O5/c1-3-8-10(18)13(4-2,7-16)20-11(8)15-6-5-9(17)14-12(15)19/h2-3,5-6,8,10-11,16,18H,1,7H2,(H,14,17,19)/t8-,10-,11+,13+/m0/s1. The second kappa shape index (κ2) is 5.09. The van der Waals surface area contributed by atoms with Gasteiger partial charge in [0.15, 0.2) is 5.60 Å². The first-order chi connectivity index (χ1) is 9.49. The van der Waals surface area contributed by atoms with Crippen LogP contribution in [0.3, 0.4) is 0 Å². The Morgan fingerprint density at radius 3 is 2.85 bits per heavy atom. The van der Waals surface area contributed by atoms with Crippen LogP contribution in [-0.4, -0.2) is 38.1 Å². The first kappa shape index (κ1) is 14.3. The summed E-state index contributed by atoms with van der Waals surface area (Å²) in [6.45, 7) is 2.97. The summed E-state index contributed by atoms with van der Waals surface area (Å²) in [5.74, 6) is 1.51. The van der Waals surface area contributed by atoms with Crippen molar-refractivity contribution in [2.24, 2.45) is 5.92 Å². The van der Waals surface area contributed by atoms with Gasteiger partial charge in [-0.15, -0.1) is 13.0 Å². The Morgan fingerprint density at radius 2 is 2.35 bits per heavy atom. The van der Waals surface area contributed by atoms with Crippen LogP contribution in [0.2, 0.25) is 0 Å². The molecule has 1 aliphatic rings. The van der Waals surface area contributed by atoms with Gasteiger partial charge in [-0.1, -0.05) is 12.0 Å². The van der Waals surface area contributed by atoms with Crippen LogP contribution in [0.25, 0.3) is 0 Å². The minimum Gasteiger partial charge on any atom is -0.392 e. The van der Waals surface area contributed by atoms with Crippen molar-refractivity contribution >= 4 is 0 Å².